The molecule has 0 saturated heterocycles. The summed E-state index contributed by atoms with van der Waals surface area (Å²) in [5.74, 6) is -0.598. The van der Waals surface area contributed by atoms with E-state index in [1.54, 1.807) is 0 Å². The van der Waals surface area contributed by atoms with Crippen LogP contribution in [0.4, 0.5) is 0 Å². The third-order valence-electron chi connectivity index (χ3n) is 8.72. The minimum atomic E-state index is -0.770. The summed E-state index contributed by atoms with van der Waals surface area (Å²) in [6, 6.07) is 0. The van der Waals surface area contributed by atoms with Crippen LogP contribution in [-0.2, 0) is 19.1 Å². The largest absolute Gasteiger partial charge is 0.462 e. The molecular weight excluding hydrogens is 572 g/mol. The van der Waals surface area contributed by atoms with Crippen LogP contribution in [0.15, 0.2) is 24.3 Å². The van der Waals surface area contributed by atoms with E-state index in [0.717, 1.165) is 44.9 Å². The Hall–Kier alpha value is -1.62. The Morgan fingerprint density at radius 2 is 0.826 bits per heavy atom. The molecule has 270 valence electrons. The van der Waals surface area contributed by atoms with E-state index in [2.05, 4.69) is 38.2 Å². The summed E-state index contributed by atoms with van der Waals surface area (Å²) in [5, 5.41) is 9.54. The fraction of sp³-hybridized carbons (Fsp3) is 0.854. The van der Waals surface area contributed by atoms with Crippen LogP contribution in [0.2, 0.25) is 0 Å². The van der Waals surface area contributed by atoms with Gasteiger partial charge in [-0.3, -0.25) is 9.59 Å². The van der Waals surface area contributed by atoms with Crippen molar-refractivity contribution in [1.82, 2.24) is 0 Å². The second-order valence-electron chi connectivity index (χ2n) is 13.4. The van der Waals surface area contributed by atoms with E-state index in [1.807, 2.05) is 0 Å². The normalized spacial score (nSPS) is 12.3. The topological polar surface area (TPSA) is 72.8 Å². The Morgan fingerprint density at radius 3 is 1.24 bits per heavy atom. The molecule has 0 aromatic rings. The zero-order valence-electron chi connectivity index (χ0n) is 30.6. The number of hydrogen-bond donors (Lipinski definition) is 1. The molecule has 0 amide bonds. The van der Waals surface area contributed by atoms with Gasteiger partial charge in [0.15, 0.2) is 6.10 Å². The first kappa shape index (κ1) is 44.4. The van der Waals surface area contributed by atoms with Gasteiger partial charge in [-0.1, -0.05) is 160 Å². The molecule has 46 heavy (non-hydrogen) atoms. The molecule has 0 saturated carbocycles. The van der Waals surface area contributed by atoms with Gasteiger partial charge in [0.2, 0.25) is 0 Å². The number of rotatable bonds is 36. The fourth-order valence-electron chi connectivity index (χ4n) is 5.65. The first-order valence-corrected chi connectivity index (χ1v) is 19.9. The quantitative estimate of drug-likeness (QED) is 0.0416. The number of esters is 2. The lowest BCUT2D eigenvalue weighted by atomic mass is 10.0. The first-order chi connectivity index (χ1) is 22.6. The molecule has 0 aliphatic carbocycles. The van der Waals surface area contributed by atoms with E-state index in [0.29, 0.717) is 12.8 Å². The third-order valence-corrected chi connectivity index (χ3v) is 8.72. The number of carbonyl (C=O) groups excluding carboxylic acids is 2. The van der Waals surface area contributed by atoms with E-state index in [1.165, 1.54) is 135 Å². The summed E-state index contributed by atoms with van der Waals surface area (Å²) in [5.41, 5.74) is 0. The van der Waals surface area contributed by atoms with Gasteiger partial charge in [0.25, 0.3) is 0 Å². The van der Waals surface area contributed by atoms with Crippen LogP contribution in [0.3, 0.4) is 0 Å². The van der Waals surface area contributed by atoms with E-state index in [9.17, 15) is 14.7 Å². The van der Waals surface area contributed by atoms with E-state index >= 15 is 0 Å². The molecule has 0 rings (SSSR count). The van der Waals surface area contributed by atoms with Gasteiger partial charge in [-0.15, -0.1) is 0 Å². The molecule has 0 spiro atoms. The van der Waals surface area contributed by atoms with Crippen molar-refractivity contribution in [2.24, 2.45) is 0 Å². The van der Waals surface area contributed by atoms with E-state index in [4.69, 9.17) is 9.47 Å². The Morgan fingerprint density at radius 1 is 0.478 bits per heavy atom. The number of aliphatic hydroxyl groups excluding tert-OH is 1. The summed E-state index contributed by atoms with van der Waals surface area (Å²) < 4.78 is 10.6. The lowest BCUT2D eigenvalue weighted by Crippen LogP contribution is -2.28. The molecule has 5 nitrogen and oxygen atoms in total. The predicted octanol–water partition coefficient (Wildman–Crippen LogP) is 12.3. The van der Waals surface area contributed by atoms with Crippen molar-refractivity contribution in [3.63, 3.8) is 0 Å². The van der Waals surface area contributed by atoms with Crippen molar-refractivity contribution in [2.75, 3.05) is 13.2 Å². The van der Waals surface area contributed by atoms with Gasteiger partial charge in [-0.05, 0) is 57.8 Å². The van der Waals surface area contributed by atoms with Crippen molar-refractivity contribution < 1.29 is 24.2 Å². The zero-order valence-corrected chi connectivity index (χ0v) is 30.6. The van der Waals surface area contributed by atoms with Gasteiger partial charge in [-0.2, -0.15) is 0 Å². The predicted molar refractivity (Wildman–Crippen MR) is 196 cm³/mol. The maximum atomic E-state index is 12.2. The van der Waals surface area contributed by atoms with Crippen molar-refractivity contribution in [3.8, 4) is 0 Å². The summed E-state index contributed by atoms with van der Waals surface area (Å²) in [6.45, 7) is 4.09. The highest BCUT2D eigenvalue weighted by Crippen LogP contribution is 2.14. The highest BCUT2D eigenvalue weighted by Gasteiger charge is 2.16. The number of unbranched alkanes of at least 4 members (excludes halogenated alkanes) is 24. The van der Waals surface area contributed by atoms with Crippen molar-refractivity contribution >= 4 is 11.9 Å². The lowest BCUT2D eigenvalue weighted by Gasteiger charge is -2.15. The zero-order chi connectivity index (χ0) is 33.6. The van der Waals surface area contributed by atoms with Crippen LogP contribution < -0.4 is 0 Å². The highest BCUT2D eigenvalue weighted by atomic mass is 16.6. The van der Waals surface area contributed by atoms with E-state index < -0.39 is 6.10 Å². The van der Waals surface area contributed by atoms with Gasteiger partial charge < -0.3 is 14.6 Å². The minimum absolute atomic E-state index is 0.0677. The number of aliphatic hydroxyl groups is 1. The molecule has 0 radical (unpaired) electrons. The molecule has 0 aromatic carbocycles. The second kappa shape index (κ2) is 37.8. The van der Waals surface area contributed by atoms with Crippen LogP contribution in [-0.4, -0.2) is 36.4 Å². The van der Waals surface area contributed by atoms with Crippen LogP contribution >= 0.6 is 0 Å². The molecule has 5 heteroatoms. The Labute approximate surface area is 285 Å². The summed E-state index contributed by atoms with van der Waals surface area (Å²) in [7, 11) is 0. The van der Waals surface area contributed by atoms with Crippen LogP contribution in [0.25, 0.3) is 0 Å². The first-order valence-electron chi connectivity index (χ1n) is 19.9. The number of hydrogen-bond acceptors (Lipinski definition) is 5. The third kappa shape index (κ3) is 35.2. The maximum absolute atomic E-state index is 12.2. The number of ether oxygens (including phenoxy) is 2. The Bertz CT molecular complexity index is 701. The van der Waals surface area contributed by atoms with Gasteiger partial charge in [0, 0.05) is 12.8 Å². The van der Waals surface area contributed by atoms with Gasteiger partial charge in [0.1, 0.15) is 6.61 Å². The molecule has 0 heterocycles. The van der Waals surface area contributed by atoms with E-state index in [-0.39, 0.29) is 25.2 Å². The molecule has 0 fully saturated rings. The van der Waals surface area contributed by atoms with Crippen LogP contribution in [0.1, 0.15) is 206 Å². The highest BCUT2D eigenvalue weighted by molar-refractivity contribution is 5.70. The van der Waals surface area contributed by atoms with Crippen molar-refractivity contribution in [1.29, 1.82) is 0 Å². The maximum Gasteiger partial charge on any atom is 0.306 e. The van der Waals surface area contributed by atoms with Crippen molar-refractivity contribution in [3.05, 3.63) is 24.3 Å². The molecule has 0 bridgehead atoms. The minimum Gasteiger partial charge on any atom is -0.462 e. The average Bonchev–Trinajstić information content (AvgIpc) is 3.06. The van der Waals surface area contributed by atoms with Crippen LogP contribution in [0.5, 0.6) is 0 Å². The smallest absolute Gasteiger partial charge is 0.306 e. The number of allylic oxidation sites excluding steroid dienone is 4. The van der Waals surface area contributed by atoms with Gasteiger partial charge in [-0.25, -0.2) is 0 Å². The fourth-order valence-corrected chi connectivity index (χ4v) is 5.65. The summed E-state index contributed by atoms with van der Waals surface area (Å²) >= 11 is 0. The molecule has 1 atom stereocenters. The Balaban J connectivity index is 3.50. The van der Waals surface area contributed by atoms with Gasteiger partial charge >= 0.3 is 11.9 Å². The molecule has 0 aromatic heterocycles. The average molecular weight is 649 g/mol. The van der Waals surface area contributed by atoms with Crippen LogP contribution in [0, 0.1) is 0 Å². The second-order valence-corrected chi connectivity index (χ2v) is 13.4. The number of carbonyl (C=O) groups is 2. The summed E-state index contributed by atoms with van der Waals surface area (Å²) in [4.78, 5) is 24.2. The molecule has 0 aliphatic heterocycles. The standard InChI is InChI=1S/C41H76O5/c1-3-5-7-9-11-13-15-16-17-18-19-20-21-22-23-24-26-28-30-32-34-36-41(44)46-39(37-42)38-45-40(43)35-33-31-29-27-25-14-12-10-8-6-4-2/h10,12,16-17,39,42H,3-9,11,13-15,18-38H2,1-2H3/t39-/m0/s1. The molecule has 0 unspecified atom stereocenters. The van der Waals surface area contributed by atoms with Crippen molar-refractivity contribution in [2.45, 2.75) is 213 Å². The lowest BCUT2D eigenvalue weighted by molar-refractivity contribution is -0.161. The molecule has 0 aliphatic rings. The molecular formula is C41H76O5. The molecule has 1 N–H and O–H groups in total. The van der Waals surface area contributed by atoms with Gasteiger partial charge in [0.05, 0.1) is 6.61 Å². The monoisotopic (exact) mass is 649 g/mol. The SMILES string of the molecule is CCCCC=CCCCCCCCC(=O)OC[C@H](CO)OC(=O)CCCCCCCCCCCCCC=CCCCCCCCC. The Kier molecular flexibility index (Phi) is 36.5. The summed E-state index contributed by atoms with van der Waals surface area (Å²) in [6.07, 6.45) is 43.9.